The van der Waals surface area contributed by atoms with E-state index >= 15 is 0 Å². The van der Waals surface area contributed by atoms with Crippen molar-refractivity contribution in [2.24, 2.45) is 0 Å². The van der Waals surface area contributed by atoms with Gasteiger partial charge in [0.15, 0.2) is 0 Å². The van der Waals surface area contributed by atoms with Gasteiger partial charge in [0.1, 0.15) is 17.2 Å². The number of pyridine rings is 1. The summed E-state index contributed by atoms with van der Waals surface area (Å²) in [5.41, 5.74) is 7.81. The minimum atomic E-state index is 0.518. The molecule has 0 spiro atoms. The summed E-state index contributed by atoms with van der Waals surface area (Å²) in [6, 6.07) is 23.0. The smallest absolute Gasteiger partial charge is 0.133 e. The summed E-state index contributed by atoms with van der Waals surface area (Å²) in [5.74, 6) is 2.84. The Morgan fingerprint density at radius 1 is 0.784 bits per heavy atom. The molecule has 0 amide bonds. The summed E-state index contributed by atoms with van der Waals surface area (Å²) in [7, 11) is 5.10. The van der Waals surface area contributed by atoms with Crippen LogP contribution in [0, 0.1) is 0 Å². The minimum Gasteiger partial charge on any atom is -0.496 e. The van der Waals surface area contributed by atoms with Crippen LogP contribution in [0.15, 0.2) is 79.1 Å². The molecule has 188 valence electrons. The molecule has 0 aliphatic heterocycles. The summed E-state index contributed by atoms with van der Waals surface area (Å²) < 4.78 is 17.2. The largest absolute Gasteiger partial charge is 0.496 e. The maximum Gasteiger partial charge on any atom is 0.133 e. The lowest BCUT2D eigenvalue weighted by Crippen LogP contribution is -2.37. The Kier molecular flexibility index (Phi) is 7.27. The van der Waals surface area contributed by atoms with Crippen LogP contribution in [0.4, 0.5) is 0 Å². The molecule has 4 aromatic rings. The zero-order valence-corrected chi connectivity index (χ0v) is 22.0. The van der Waals surface area contributed by atoms with Gasteiger partial charge in [-0.15, -0.1) is 0 Å². The van der Waals surface area contributed by atoms with Gasteiger partial charge in [0.25, 0.3) is 0 Å². The van der Waals surface area contributed by atoms with Crippen LogP contribution in [-0.4, -0.2) is 26.3 Å². The monoisotopic (exact) mass is 491 g/mol. The highest BCUT2D eigenvalue weighted by Crippen LogP contribution is 2.42. The predicted octanol–water partition coefficient (Wildman–Crippen LogP) is 5.89. The lowest BCUT2D eigenvalue weighted by molar-refractivity contribution is 0.373. The fourth-order valence-electron chi connectivity index (χ4n) is 5.51. The van der Waals surface area contributed by atoms with Crippen molar-refractivity contribution in [3.05, 3.63) is 106 Å². The van der Waals surface area contributed by atoms with Crippen LogP contribution < -0.4 is 24.6 Å². The van der Waals surface area contributed by atoms with Crippen molar-refractivity contribution in [3.8, 4) is 28.4 Å². The van der Waals surface area contributed by atoms with Crippen molar-refractivity contribution in [1.29, 1.82) is 0 Å². The zero-order valence-electron chi connectivity index (χ0n) is 22.0. The number of rotatable bonds is 4. The number of methoxy groups -OCH3 is 3. The number of nitrogens with zero attached hydrogens (tertiary/aromatic N) is 1. The maximum atomic E-state index is 5.83. The van der Waals surface area contributed by atoms with Crippen molar-refractivity contribution in [3.63, 3.8) is 0 Å². The second-order valence-corrected chi connectivity index (χ2v) is 9.41. The second kappa shape index (κ2) is 10.9. The lowest BCUT2D eigenvalue weighted by atomic mass is 9.79. The van der Waals surface area contributed by atoms with Crippen molar-refractivity contribution in [2.75, 3.05) is 21.3 Å². The zero-order chi connectivity index (χ0) is 25.8. The second-order valence-electron chi connectivity index (χ2n) is 9.41. The highest BCUT2D eigenvalue weighted by Gasteiger charge is 2.26. The predicted molar refractivity (Wildman–Crippen MR) is 150 cm³/mol. The van der Waals surface area contributed by atoms with Crippen LogP contribution >= 0.6 is 0 Å². The van der Waals surface area contributed by atoms with Gasteiger partial charge in [0.05, 0.1) is 26.9 Å². The molecule has 1 atom stereocenters. The number of benzene rings is 3. The van der Waals surface area contributed by atoms with E-state index in [2.05, 4.69) is 54.4 Å². The van der Waals surface area contributed by atoms with Crippen LogP contribution in [0.25, 0.3) is 22.8 Å². The first kappa shape index (κ1) is 24.6. The standard InChI is InChI=1S/C28H28O3.C5H5N/c1-17-9-11-24(28-25(30-3)15-19(29-2)16-26(28)31-4)27-20(17)13-14-22-21-8-6-5-7-18(21)10-12-23(22)27;1-2-4-6-5-3-1/h5-8,12-17H,9-11H2,1-4H3;1-5H. The average molecular weight is 492 g/mol. The van der Waals surface area contributed by atoms with E-state index in [9.17, 15) is 0 Å². The van der Waals surface area contributed by atoms with E-state index in [1.807, 2.05) is 30.3 Å². The highest BCUT2D eigenvalue weighted by molar-refractivity contribution is 5.81. The third kappa shape index (κ3) is 4.72. The topological polar surface area (TPSA) is 40.6 Å². The number of ether oxygens (including phenoxy) is 3. The summed E-state index contributed by atoms with van der Waals surface area (Å²) >= 11 is 0. The van der Waals surface area contributed by atoms with Crippen LogP contribution in [0.1, 0.15) is 42.4 Å². The van der Waals surface area contributed by atoms with Gasteiger partial charge < -0.3 is 14.2 Å². The fourth-order valence-corrected chi connectivity index (χ4v) is 5.51. The summed E-state index contributed by atoms with van der Waals surface area (Å²) in [5, 5.41) is 2.70. The fraction of sp³-hybridized carbons (Fsp3) is 0.242. The van der Waals surface area contributed by atoms with E-state index in [-0.39, 0.29) is 0 Å². The average Bonchev–Trinajstić information content (AvgIpc) is 2.97. The normalized spacial score (nSPS) is 15.1. The van der Waals surface area contributed by atoms with Gasteiger partial charge in [-0.3, -0.25) is 4.98 Å². The molecule has 0 saturated heterocycles. The van der Waals surface area contributed by atoms with Gasteiger partial charge in [-0.05, 0) is 75.6 Å². The third-order valence-corrected chi connectivity index (χ3v) is 7.35. The molecule has 0 saturated carbocycles. The van der Waals surface area contributed by atoms with Gasteiger partial charge >= 0.3 is 0 Å². The Bertz CT molecular complexity index is 1470. The van der Waals surface area contributed by atoms with E-state index in [1.165, 1.54) is 38.3 Å². The SMILES string of the molecule is COc1cc(OC)c(C2=c3c(ccc4c3=CCc3ccccc3-4)C(C)CC2)c(OC)c1.c1ccncc1. The number of hydrogen-bond acceptors (Lipinski definition) is 4. The van der Waals surface area contributed by atoms with Crippen molar-refractivity contribution in [1.82, 2.24) is 4.98 Å². The highest BCUT2D eigenvalue weighted by atomic mass is 16.5. The molecular weight excluding hydrogens is 458 g/mol. The maximum absolute atomic E-state index is 5.83. The number of aromatic nitrogens is 1. The van der Waals surface area contributed by atoms with Crippen molar-refractivity contribution in [2.45, 2.75) is 32.1 Å². The Labute approximate surface area is 218 Å². The molecule has 1 aromatic heterocycles. The van der Waals surface area contributed by atoms with E-state index in [0.29, 0.717) is 5.92 Å². The van der Waals surface area contributed by atoms with Gasteiger partial charge in [0.2, 0.25) is 0 Å². The number of fused-ring (bicyclic) bond motifs is 5. The van der Waals surface area contributed by atoms with Gasteiger partial charge in [-0.2, -0.15) is 0 Å². The summed E-state index contributed by atoms with van der Waals surface area (Å²) in [4.78, 5) is 3.78. The molecule has 0 radical (unpaired) electrons. The van der Waals surface area contributed by atoms with Gasteiger partial charge in [-0.1, -0.05) is 55.5 Å². The Balaban J connectivity index is 0.000000412. The van der Waals surface area contributed by atoms with Gasteiger partial charge in [0, 0.05) is 24.5 Å². The van der Waals surface area contributed by atoms with Crippen molar-refractivity contribution >= 4 is 11.6 Å². The number of hydrogen-bond donors (Lipinski definition) is 0. The molecule has 6 rings (SSSR count). The molecule has 4 heteroatoms. The van der Waals surface area contributed by atoms with E-state index in [1.54, 1.807) is 33.7 Å². The molecule has 1 unspecified atom stereocenters. The van der Waals surface area contributed by atoms with Crippen LogP contribution in [0.3, 0.4) is 0 Å². The molecular formula is C33H33NO3. The molecule has 4 nitrogen and oxygen atoms in total. The van der Waals surface area contributed by atoms with Crippen LogP contribution in [0.2, 0.25) is 0 Å². The minimum absolute atomic E-state index is 0.518. The van der Waals surface area contributed by atoms with E-state index in [4.69, 9.17) is 14.2 Å². The quantitative estimate of drug-likeness (QED) is 0.357. The Hall–Kier alpha value is -4.05. The lowest BCUT2D eigenvalue weighted by Gasteiger charge is -2.27. The first-order chi connectivity index (χ1) is 18.2. The molecule has 1 heterocycles. The van der Waals surface area contributed by atoms with E-state index in [0.717, 1.165) is 42.1 Å². The van der Waals surface area contributed by atoms with Crippen LogP contribution in [-0.2, 0) is 6.42 Å². The molecule has 37 heavy (non-hydrogen) atoms. The molecule has 2 aliphatic carbocycles. The third-order valence-electron chi connectivity index (χ3n) is 7.35. The van der Waals surface area contributed by atoms with Gasteiger partial charge in [-0.25, -0.2) is 0 Å². The molecule has 0 bridgehead atoms. The Morgan fingerprint density at radius 3 is 2.14 bits per heavy atom. The van der Waals surface area contributed by atoms with Crippen molar-refractivity contribution < 1.29 is 14.2 Å². The first-order valence-electron chi connectivity index (χ1n) is 12.8. The molecule has 0 N–H and O–H groups in total. The van der Waals surface area contributed by atoms with Crippen LogP contribution in [0.5, 0.6) is 17.2 Å². The molecule has 3 aromatic carbocycles. The first-order valence-corrected chi connectivity index (χ1v) is 12.8. The molecule has 2 aliphatic rings. The summed E-state index contributed by atoms with van der Waals surface area (Å²) in [6.45, 7) is 2.33. The summed E-state index contributed by atoms with van der Waals surface area (Å²) in [6.07, 6.45) is 8.95. The Morgan fingerprint density at radius 2 is 1.51 bits per heavy atom. The molecule has 0 fully saturated rings. The van der Waals surface area contributed by atoms with E-state index < -0.39 is 0 Å².